The van der Waals surface area contributed by atoms with E-state index < -0.39 is 69.8 Å². The van der Waals surface area contributed by atoms with Gasteiger partial charge in [0.25, 0.3) is 0 Å². The number of H-pyrrole nitrogens is 1. The summed E-state index contributed by atoms with van der Waals surface area (Å²) >= 11 is 0. The van der Waals surface area contributed by atoms with Crippen LogP contribution in [-0.2, 0) is 18.5 Å². The number of fused-ring (bicyclic) bond motifs is 1. The lowest BCUT2D eigenvalue weighted by atomic mass is 10.1. The molecule has 0 bridgehead atoms. The quantitative estimate of drug-likeness (QED) is 0.263. The number of para-hydroxylation sites is 2. The third-order valence-corrected chi connectivity index (χ3v) is 4.57. The summed E-state index contributed by atoms with van der Waals surface area (Å²) in [6, 6.07) is 8.18. The maximum absolute atomic E-state index is 13.4. The van der Waals surface area contributed by atoms with E-state index in [2.05, 4.69) is 25.6 Å². The second-order valence-corrected chi connectivity index (χ2v) is 7.01. The van der Waals surface area contributed by atoms with Crippen LogP contribution in [0.4, 0.5) is 62.5 Å². The zero-order valence-electron chi connectivity index (χ0n) is 16.9. The Hall–Kier alpha value is -4.04. The van der Waals surface area contributed by atoms with Crippen molar-refractivity contribution in [1.82, 2.24) is 19.9 Å². The van der Waals surface area contributed by atoms with Gasteiger partial charge in [0.05, 0.1) is 22.5 Å². The first kappa shape index (κ1) is 24.1. The van der Waals surface area contributed by atoms with Gasteiger partial charge < -0.3 is 15.6 Å². The lowest BCUT2D eigenvalue weighted by Crippen LogP contribution is -2.12. The first-order valence-corrected chi connectivity index (χ1v) is 9.45. The van der Waals surface area contributed by atoms with Crippen molar-refractivity contribution in [3.63, 3.8) is 0 Å². The second-order valence-electron chi connectivity index (χ2n) is 7.01. The maximum Gasteiger partial charge on any atom is 0.449 e. The molecule has 35 heavy (non-hydrogen) atoms. The highest BCUT2D eigenvalue weighted by Crippen LogP contribution is 2.39. The zero-order chi connectivity index (χ0) is 25.6. The van der Waals surface area contributed by atoms with Crippen LogP contribution in [0.5, 0.6) is 0 Å². The summed E-state index contributed by atoms with van der Waals surface area (Å²) in [6.45, 7) is 0. The Labute approximate surface area is 189 Å². The van der Waals surface area contributed by atoms with Crippen LogP contribution >= 0.6 is 0 Å². The maximum atomic E-state index is 13.4. The van der Waals surface area contributed by atoms with Crippen molar-refractivity contribution in [2.45, 2.75) is 18.5 Å². The molecular formula is C20H11F9N6. The van der Waals surface area contributed by atoms with Crippen LogP contribution in [0.2, 0.25) is 0 Å². The fourth-order valence-electron chi connectivity index (χ4n) is 3.08. The largest absolute Gasteiger partial charge is 0.449 e. The number of benzene rings is 2. The molecule has 2 aromatic carbocycles. The standard InChI is InChI=1S/C20H11F9N6/c21-18(22,23)9-5-1-3-7-11(9)30-13-14(31-12-8-4-2-6-10(12)19(24,25)26)33-16-15(32-13)34-17(35-16)20(27,28)29/h1-8H,(H3,30,31,32,33,34,35). The Morgan fingerprint density at radius 3 is 1.49 bits per heavy atom. The average Bonchev–Trinajstić information content (AvgIpc) is 3.17. The predicted octanol–water partition coefficient (Wildman–Crippen LogP) is 6.90. The number of anilines is 4. The van der Waals surface area contributed by atoms with E-state index in [4.69, 9.17) is 0 Å². The minimum Gasteiger partial charge on any atom is -0.337 e. The van der Waals surface area contributed by atoms with Gasteiger partial charge in [0.2, 0.25) is 5.82 Å². The molecule has 0 spiro atoms. The van der Waals surface area contributed by atoms with Crippen LogP contribution in [0.1, 0.15) is 17.0 Å². The minimum absolute atomic E-state index is 0.557. The topological polar surface area (TPSA) is 78.5 Å². The van der Waals surface area contributed by atoms with Crippen molar-refractivity contribution in [3.8, 4) is 0 Å². The highest BCUT2D eigenvalue weighted by Gasteiger charge is 2.37. The van der Waals surface area contributed by atoms with Gasteiger partial charge in [-0.15, -0.1) is 0 Å². The zero-order valence-corrected chi connectivity index (χ0v) is 16.9. The molecule has 0 radical (unpaired) electrons. The monoisotopic (exact) mass is 506 g/mol. The molecule has 4 aromatic rings. The SMILES string of the molecule is FC(F)(F)c1nc2nc(Nc3ccccc3C(F)(F)F)c(Nc3ccccc3C(F)(F)F)nc2[nH]1. The van der Waals surface area contributed by atoms with Gasteiger partial charge in [-0.2, -0.15) is 39.5 Å². The number of hydrogen-bond donors (Lipinski definition) is 3. The Morgan fingerprint density at radius 2 is 1.03 bits per heavy atom. The molecule has 15 heteroatoms. The first-order valence-electron chi connectivity index (χ1n) is 9.45. The highest BCUT2D eigenvalue weighted by molar-refractivity contribution is 5.81. The molecule has 4 rings (SSSR count). The average molecular weight is 506 g/mol. The highest BCUT2D eigenvalue weighted by atomic mass is 19.4. The van der Waals surface area contributed by atoms with E-state index >= 15 is 0 Å². The summed E-state index contributed by atoms with van der Waals surface area (Å²) < 4.78 is 120. The van der Waals surface area contributed by atoms with Crippen LogP contribution < -0.4 is 10.6 Å². The lowest BCUT2D eigenvalue weighted by molar-refractivity contribution is -0.144. The van der Waals surface area contributed by atoms with Crippen LogP contribution in [0.3, 0.4) is 0 Å². The number of nitrogens with zero attached hydrogens (tertiary/aromatic N) is 3. The van der Waals surface area contributed by atoms with Crippen LogP contribution in [0.15, 0.2) is 48.5 Å². The molecule has 3 N–H and O–H groups in total. The number of rotatable bonds is 4. The molecule has 0 aliphatic rings. The van der Waals surface area contributed by atoms with Gasteiger partial charge in [-0.05, 0) is 24.3 Å². The number of alkyl halides is 9. The minimum atomic E-state index is -4.94. The summed E-state index contributed by atoms with van der Waals surface area (Å²) in [5, 5.41) is 4.59. The van der Waals surface area contributed by atoms with Gasteiger partial charge in [0.1, 0.15) is 0 Å². The molecule has 0 atom stereocenters. The predicted molar refractivity (Wildman–Crippen MR) is 106 cm³/mol. The van der Waals surface area contributed by atoms with Crippen molar-refractivity contribution in [2.24, 2.45) is 0 Å². The van der Waals surface area contributed by atoms with Crippen LogP contribution in [0, 0.1) is 0 Å². The van der Waals surface area contributed by atoms with Crippen molar-refractivity contribution in [2.75, 3.05) is 10.6 Å². The molecule has 0 aliphatic carbocycles. The molecular weight excluding hydrogens is 495 g/mol. The van der Waals surface area contributed by atoms with Crippen LogP contribution in [0.25, 0.3) is 11.3 Å². The van der Waals surface area contributed by atoms with E-state index in [-0.39, 0.29) is 0 Å². The number of aromatic nitrogens is 4. The molecule has 2 aromatic heterocycles. The Kier molecular flexibility index (Phi) is 5.73. The normalized spacial score (nSPS) is 12.7. The van der Waals surface area contributed by atoms with E-state index in [0.29, 0.717) is 0 Å². The van der Waals surface area contributed by atoms with Gasteiger partial charge in [0.15, 0.2) is 22.9 Å². The Morgan fingerprint density at radius 1 is 0.571 bits per heavy atom. The first-order chi connectivity index (χ1) is 16.2. The summed E-state index contributed by atoms with van der Waals surface area (Å²) in [4.78, 5) is 12.7. The van der Waals surface area contributed by atoms with Crippen molar-refractivity contribution >= 4 is 34.3 Å². The molecule has 0 amide bonds. The number of nitrogens with one attached hydrogen (secondary N) is 3. The lowest BCUT2D eigenvalue weighted by Gasteiger charge is -2.18. The molecule has 0 saturated carbocycles. The summed E-state index contributed by atoms with van der Waals surface area (Å²) in [5.41, 5.74) is -4.60. The van der Waals surface area contributed by atoms with Crippen molar-refractivity contribution in [3.05, 3.63) is 65.5 Å². The summed E-state index contributed by atoms with van der Waals surface area (Å²) in [7, 11) is 0. The van der Waals surface area contributed by atoms with E-state index in [1.54, 1.807) is 0 Å². The Balaban J connectivity index is 1.87. The summed E-state index contributed by atoms with van der Waals surface area (Å²) in [6.07, 6.45) is -14.6. The van der Waals surface area contributed by atoms with Gasteiger partial charge in [-0.25, -0.2) is 15.0 Å². The van der Waals surface area contributed by atoms with E-state index in [9.17, 15) is 39.5 Å². The molecule has 0 saturated heterocycles. The third kappa shape index (κ3) is 5.07. The molecule has 184 valence electrons. The number of hydrogen-bond acceptors (Lipinski definition) is 5. The van der Waals surface area contributed by atoms with Crippen LogP contribution in [-0.4, -0.2) is 19.9 Å². The smallest absolute Gasteiger partial charge is 0.337 e. The molecule has 0 fully saturated rings. The summed E-state index contributed by atoms with van der Waals surface area (Å²) in [5.74, 6) is -2.67. The molecule has 0 unspecified atom stereocenters. The van der Waals surface area contributed by atoms with Gasteiger partial charge >= 0.3 is 18.5 Å². The molecule has 2 heterocycles. The third-order valence-electron chi connectivity index (χ3n) is 4.57. The van der Waals surface area contributed by atoms with Gasteiger partial charge in [-0.1, -0.05) is 24.3 Å². The fraction of sp³-hybridized carbons (Fsp3) is 0.150. The fourth-order valence-corrected chi connectivity index (χ4v) is 3.08. The van der Waals surface area contributed by atoms with Gasteiger partial charge in [0, 0.05) is 0 Å². The number of halogens is 9. The van der Waals surface area contributed by atoms with E-state index in [1.165, 1.54) is 12.1 Å². The van der Waals surface area contributed by atoms with Gasteiger partial charge in [-0.3, -0.25) is 0 Å². The second kappa shape index (κ2) is 8.32. The van der Waals surface area contributed by atoms with E-state index in [1.807, 2.05) is 4.98 Å². The number of aromatic amines is 1. The Bertz CT molecular complexity index is 1280. The van der Waals surface area contributed by atoms with Crippen molar-refractivity contribution < 1.29 is 39.5 Å². The molecule has 0 aliphatic heterocycles. The molecule has 6 nitrogen and oxygen atoms in total. The van der Waals surface area contributed by atoms with E-state index in [0.717, 1.165) is 36.4 Å². The number of imidazole rings is 1. The van der Waals surface area contributed by atoms with Crippen molar-refractivity contribution in [1.29, 1.82) is 0 Å².